The minimum absolute atomic E-state index is 0.0268. The van der Waals surface area contributed by atoms with Crippen LogP contribution in [0.1, 0.15) is 30.7 Å². The molecule has 0 saturated heterocycles. The maximum absolute atomic E-state index is 13.3. The van der Waals surface area contributed by atoms with Gasteiger partial charge in [-0.05, 0) is 30.5 Å². The van der Waals surface area contributed by atoms with Gasteiger partial charge >= 0.3 is 0 Å². The van der Waals surface area contributed by atoms with Crippen molar-refractivity contribution in [3.05, 3.63) is 53.0 Å². The van der Waals surface area contributed by atoms with E-state index in [9.17, 15) is 10.1 Å². The van der Waals surface area contributed by atoms with E-state index >= 15 is 0 Å². The van der Waals surface area contributed by atoms with E-state index in [0.29, 0.717) is 58.5 Å². The second-order valence-corrected chi connectivity index (χ2v) is 9.95. The van der Waals surface area contributed by atoms with Gasteiger partial charge in [0.15, 0.2) is 21.6 Å². The van der Waals surface area contributed by atoms with Crippen LogP contribution in [0.25, 0.3) is 0 Å². The SMILES string of the molecule is C=CCSc1nnc(N2C(N)=C(C#N)C(c3cc(OC)c(OC)c(OC)c3)C3=C2CCCC3=O)s1. The molecule has 9 nitrogen and oxygen atoms in total. The largest absolute Gasteiger partial charge is 0.493 e. The summed E-state index contributed by atoms with van der Waals surface area (Å²) in [5, 5.41) is 19.3. The molecule has 2 aliphatic rings. The number of rotatable bonds is 8. The van der Waals surface area contributed by atoms with Crippen LogP contribution in [-0.4, -0.2) is 43.1 Å². The molecule has 35 heavy (non-hydrogen) atoms. The monoisotopic (exact) mass is 511 g/mol. The summed E-state index contributed by atoms with van der Waals surface area (Å²) in [7, 11) is 4.56. The van der Waals surface area contributed by atoms with Crippen molar-refractivity contribution in [2.45, 2.75) is 29.5 Å². The molecular weight excluding hydrogens is 486 g/mol. The molecule has 182 valence electrons. The predicted octanol–water partition coefficient (Wildman–Crippen LogP) is 4.15. The topological polar surface area (TPSA) is 124 Å². The third-order valence-corrected chi connectivity index (χ3v) is 7.88. The smallest absolute Gasteiger partial charge is 0.219 e. The lowest BCUT2D eigenvalue weighted by Crippen LogP contribution is -2.38. The van der Waals surface area contributed by atoms with E-state index in [-0.39, 0.29) is 17.2 Å². The number of benzene rings is 1. The molecule has 2 N–H and O–H groups in total. The van der Waals surface area contributed by atoms with Crippen LogP contribution in [0.4, 0.5) is 5.13 Å². The van der Waals surface area contributed by atoms with Crippen LogP contribution in [0.5, 0.6) is 17.2 Å². The average Bonchev–Trinajstić information content (AvgIpc) is 3.34. The van der Waals surface area contributed by atoms with Crippen LogP contribution < -0.4 is 24.8 Å². The van der Waals surface area contributed by atoms with Crippen molar-refractivity contribution in [1.29, 1.82) is 5.26 Å². The number of aromatic nitrogens is 2. The van der Waals surface area contributed by atoms with Crippen molar-refractivity contribution in [3.8, 4) is 23.3 Å². The zero-order valence-corrected chi connectivity index (χ0v) is 21.3. The van der Waals surface area contributed by atoms with Crippen LogP contribution in [0, 0.1) is 11.3 Å². The highest BCUT2D eigenvalue weighted by molar-refractivity contribution is 8.01. The molecule has 0 spiro atoms. The molecule has 1 atom stereocenters. The number of nitriles is 1. The molecule has 2 aromatic rings. The van der Waals surface area contributed by atoms with Crippen LogP contribution >= 0.6 is 23.1 Å². The van der Waals surface area contributed by atoms with Gasteiger partial charge in [0.05, 0.1) is 38.9 Å². The number of anilines is 1. The molecule has 1 unspecified atom stereocenters. The number of thioether (sulfide) groups is 1. The number of hydrogen-bond acceptors (Lipinski definition) is 11. The Kier molecular flexibility index (Phi) is 7.33. The maximum Gasteiger partial charge on any atom is 0.219 e. The number of methoxy groups -OCH3 is 3. The average molecular weight is 512 g/mol. The van der Waals surface area contributed by atoms with Gasteiger partial charge in [-0.25, -0.2) is 0 Å². The van der Waals surface area contributed by atoms with Crippen LogP contribution in [0.2, 0.25) is 0 Å². The molecule has 0 bridgehead atoms. The Morgan fingerprint density at radius 1 is 1.26 bits per heavy atom. The fourth-order valence-corrected chi connectivity index (χ4v) is 6.03. The Morgan fingerprint density at radius 3 is 2.57 bits per heavy atom. The van der Waals surface area contributed by atoms with Gasteiger partial charge in [-0.1, -0.05) is 29.2 Å². The molecule has 0 radical (unpaired) electrons. The minimum Gasteiger partial charge on any atom is -0.493 e. The predicted molar refractivity (Wildman–Crippen MR) is 135 cm³/mol. The van der Waals surface area contributed by atoms with Crippen molar-refractivity contribution in [3.63, 3.8) is 0 Å². The van der Waals surface area contributed by atoms with Gasteiger partial charge in [0, 0.05) is 23.4 Å². The highest BCUT2D eigenvalue weighted by atomic mass is 32.2. The summed E-state index contributed by atoms with van der Waals surface area (Å²) >= 11 is 2.87. The third kappa shape index (κ3) is 4.35. The Labute approximate surface area is 211 Å². The van der Waals surface area contributed by atoms with E-state index in [2.05, 4.69) is 22.8 Å². The minimum atomic E-state index is -0.671. The van der Waals surface area contributed by atoms with Gasteiger partial charge in [0.1, 0.15) is 5.82 Å². The van der Waals surface area contributed by atoms with Crippen molar-refractivity contribution in [2.75, 3.05) is 32.0 Å². The Bertz CT molecular complexity index is 1250. The molecule has 1 aromatic heterocycles. The number of nitrogens with two attached hydrogens (primary N) is 1. The fraction of sp³-hybridized carbons (Fsp3) is 0.333. The van der Waals surface area contributed by atoms with E-state index in [1.54, 1.807) is 23.1 Å². The summed E-state index contributed by atoms with van der Waals surface area (Å²) in [6.07, 6.45) is 3.48. The van der Waals surface area contributed by atoms with Gasteiger partial charge < -0.3 is 19.9 Å². The second kappa shape index (κ2) is 10.4. The van der Waals surface area contributed by atoms with E-state index in [1.165, 1.54) is 44.4 Å². The lowest BCUT2D eigenvalue weighted by atomic mass is 9.75. The zero-order valence-electron chi connectivity index (χ0n) is 19.7. The first-order chi connectivity index (χ1) is 17.0. The summed E-state index contributed by atoms with van der Waals surface area (Å²) in [4.78, 5) is 15.1. The van der Waals surface area contributed by atoms with E-state index in [4.69, 9.17) is 19.9 Å². The molecule has 0 fully saturated rings. The van der Waals surface area contributed by atoms with Crippen LogP contribution in [0.15, 0.2) is 51.8 Å². The van der Waals surface area contributed by atoms with Gasteiger partial charge in [0.2, 0.25) is 10.9 Å². The zero-order chi connectivity index (χ0) is 25.1. The molecule has 1 aliphatic heterocycles. The number of ether oxygens (including phenoxy) is 3. The molecule has 11 heteroatoms. The standard InChI is InChI=1S/C24H25N5O4S2/c1-5-9-34-24-28-27-23(35-24)29-15-7-6-8-16(30)20(15)19(14(12-25)22(29)26)13-10-17(31-2)21(33-4)18(11-13)32-3/h5,10-11,19H,1,6-9,26H2,2-4H3. The quantitative estimate of drug-likeness (QED) is 0.408. The first-order valence-electron chi connectivity index (χ1n) is 10.8. The van der Waals surface area contributed by atoms with Crippen LogP contribution in [-0.2, 0) is 4.79 Å². The van der Waals surface area contributed by atoms with Gasteiger partial charge in [0.25, 0.3) is 0 Å². The maximum atomic E-state index is 13.3. The van der Waals surface area contributed by atoms with Gasteiger partial charge in [-0.2, -0.15) is 5.26 Å². The first-order valence-corrected chi connectivity index (χ1v) is 12.6. The van der Waals surface area contributed by atoms with E-state index < -0.39 is 5.92 Å². The number of carbonyl (C=O) groups excluding carboxylic acids is 1. The molecule has 2 heterocycles. The summed E-state index contributed by atoms with van der Waals surface area (Å²) in [5.41, 5.74) is 8.80. The van der Waals surface area contributed by atoms with Gasteiger partial charge in [-0.3, -0.25) is 9.69 Å². The summed E-state index contributed by atoms with van der Waals surface area (Å²) < 4.78 is 17.2. The number of Topliss-reactive ketones (excluding diaryl/α,β-unsaturated/α-hetero) is 1. The van der Waals surface area contributed by atoms with Crippen molar-refractivity contribution in [1.82, 2.24) is 10.2 Å². The number of carbonyl (C=O) groups is 1. The lowest BCUT2D eigenvalue weighted by Gasteiger charge is -2.38. The number of ketones is 1. The van der Waals surface area contributed by atoms with Crippen LogP contribution in [0.3, 0.4) is 0 Å². The molecule has 0 amide bonds. The van der Waals surface area contributed by atoms with Gasteiger partial charge in [-0.15, -0.1) is 16.8 Å². The molecule has 1 aromatic carbocycles. The van der Waals surface area contributed by atoms with Crippen molar-refractivity contribution >= 4 is 34.0 Å². The molecule has 1 aliphatic carbocycles. The third-order valence-electron chi connectivity index (χ3n) is 5.85. The highest BCUT2D eigenvalue weighted by Gasteiger charge is 2.42. The highest BCUT2D eigenvalue weighted by Crippen LogP contribution is 2.49. The number of nitrogens with zero attached hydrogens (tertiary/aromatic N) is 4. The Balaban J connectivity index is 1.91. The second-order valence-electron chi connectivity index (χ2n) is 7.73. The Hall–Kier alpha value is -3.49. The summed E-state index contributed by atoms with van der Waals surface area (Å²) in [5.74, 6) is 1.51. The first kappa shape index (κ1) is 24.6. The number of hydrogen-bond donors (Lipinski definition) is 1. The van der Waals surface area contributed by atoms with E-state index in [1.807, 2.05) is 0 Å². The van der Waals surface area contributed by atoms with Crippen molar-refractivity contribution in [2.24, 2.45) is 5.73 Å². The fourth-order valence-electron chi connectivity index (χ4n) is 4.39. The summed E-state index contributed by atoms with van der Waals surface area (Å²) in [6.45, 7) is 3.73. The van der Waals surface area contributed by atoms with Crippen molar-refractivity contribution < 1.29 is 19.0 Å². The Morgan fingerprint density at radius 2 is 1.97 bits per heavy atom. The lowest BCUT2D eigenvalue weighted by molar-refractivity contribution is -0.116. The van der Waals surface area contributed by atoms with E-state index in [0.717, 1.165) is 10.0 Å². The summed E-state index contributed by atoms with van der Waals surface area (Å²) in [6, 6.07) is 5.77. The number of allylic oxidation sites excluding steroid dienone is 3. The molecule has 0 saturated carbocycles. The molecular formula is C24H25N5O4S2. The molecule has 4 rings (SSSR count). The normalized spacial score (nSPS) is 17.7.